The van der Waals surface area contributed by atoms with E-state index in [9.17, 15) is 9.59 Å². The predicted molar refractivity (Wildman–Crippen MR) is 138 cm³/mol. The van der Waals surface area contributed by atoms with Gasteiger partial charge in [-0.05, 0) is 56.6 Å². The van der Waals surface area contributed by atoms with Crippen LogP contribution in [0.3, 0.4) is 0 Å². The van der Waals surface area contributed by atoms with E-state index in [-0.39, 0.29) is 5.78 Å². The third-order valence-electron chi connectivity index (χ3n) is 7.55. The van der Waals surface area contributed by atoms with Crippen molar-refractivity contribution in [2.45, 2.75) is 5.41 Å². The minimum Gasteiger partial charge on any atom is -0.298 e. The fourth-order valence-corrected chi connectivity index (χ4v) is 6.13. The maximum Gasteiger partial charge on any atom is 0.193 e. The van der Waals surface area contributed by atoms with Gasteiger partial charge in [-0.15, -0.1) is 0 Å². The minimum atomic E-state index is -0.580. The largest absolute Gasteiger partial charge is 0.298 e. The van der Waals surface area contributed by atoms with E-state index in [0.29, 0.717) is 16.7 Å². The molecule has 1 atom stereocenters. The summed E-state index contributed by atoms with van der Waals surface area (Å²) in [5, 5.41) is 0. The minimum absolute atomic E-state index is 0.00709. The molecule has 0 saturated heterocycles. The number of hydrogen-bond acceptors (Lipinski definition) is 2. The average Bonchev–Trinajstić information content (AvgIpc) is 3.39. The number of ketones is 1. The molecular weight excluding hydrogens is 428 g/mol. The van der Waals surface area contributed by atoms with Crippen molar-refractivity contribution >= 4 is 12.1 Å². The molecule has 0 bridgehead atoms. The molecule has 0 fully saturated rings. The van der Waals surface area contributed by atoms with Gasteiger partial charge in [0.1, 0.15) is 6.29 Å². The lowest BCUT2D eigenvalue weighted by Gasteiger charge is -2.30. The van der Waals surface area contributed by atoms with Crippen LogP contribution in [0, 0.1) is 0 Å². The molecule has 1 spiro atoms. The fraction of sp³-hybridized carbons (Fsp3) is 0.0303. The first-order valence-corrected chi connectivity index (χ1v) is 11.8. The van der Waals surface area contributed by atoms with Gasteiger partial charge in [-0.3, -0.25) is 9.59 Å². The van der Waals surface area contributed by atoms with E-state index in [1.165, 1.54) is 22.3 Å². The summed E-state index contributed by atoms with van der Waals surface area (Å²) in [4.78, 5) is 25.3. The summed E-state index contributed by atoms with van der Waals surface area (Å²) in [6, 6.07) is 38.5. The molecule has 2 aliphatic carbocycles. The summed E-state index contributed by atoms with van der Waals surface area (Å²) in [6.45, 7) is 0. The van der Waals surface area contributed by atoms with E-state index in [0.717, 1.165) is 28.5 Å². The van der Waals surface area contributed by atoms with Crippen molar-refractivity contribution in [2.75, 3.05) is 0 Å². The summed E-state index contributed by atoms with van der Waals surface area (Å²) < 4.78 is 0. The Morgan fingerprint density at radius 2 is 1.06 bits per heavy atom. The third kappa shape index (κ3) is 2.54. The summed E-state index contributed by atoms with van der Waals surface area (Å²) in [7, 11) is 0. The fourth-order valence-electron chi connectivity index (χ4n) is 6.13. The van der Waals surface area contributed by atoms with Crippen LogP contribution in [0.4, 0.5) is 0 Å². The zero-order valence-electron chi connectivity index (χ0n) is 18.9. The maximum absolute atomic E-state index is 13.5. The summed E-state index contributed by atoms with van der Waals surface area (Å²) >= 11 is 0. The number of carbonyl (C=O) groups is 2. The Morgan fingerprint density at radius 1 is 0.514 bits per heavy atom. The lowest BCUT2D eigenvalue weighted by Crippen LogP contribution is -2.26. The number of hydrogen-bond donors (Lipinski definition) is 0. The Bertz CT molecular complexity index is 1670. The number of aldehydes is 1. The van der Waals surface area contributed by atoms with Gasteiger partial charge in [0, 0.05) is 16.7 Å². The molecule has 5 aromatic rings. The van der Waals surface area contributed by atoms with Crippen LogP contribution in [-0.4, -0.2) is 12.1 Å². The van der Waals surface area contributed by atoms with E-state index in [1.54, 1.807) is 0 Å². The first-order chi connectivity index (χ1) is 17.2. The van der Waals surface area contributed by atoms with E-state index in [4.69, 9.17) is 0 Å². The lowest BCUT2D eigenvalue weighted by molar-refractivity contribution is 0.103. The molecule has 0 aromatic heterocycles. The van der Waals surface area contributed by atoms with Crippen molar-refractivity contribution in [2.24, 2.45) is 0 Å². The van der Waals surface area contributed by atoms with Gasteiger partial charge >= 0.3 is 0 Å². The molecule has 7 rings (SSSR count). The van der Waals surface area contributed by atoms with Gasteiger partial charge in [-0.1, -0.05) is 103 Å². The van der Waals surface area contributed by atoms with Gasteiger partial charge < -0.3 is 0 Å². The molecule has 0 saturated carbocycles. The Morgan fingerprint density at radius 3 is 1.71 bits per heavy atom. The van der Waals surface area contributed by atoms with Gasteiger partial charge in [0.15, 0.2) is 5.78 Å². The highest BCUT2D eigenvalue weighted by molar-refractivity contribution is 6.10. The van der Waals surface area contributed by atoms with Crippen LogP contribution < -0.4 is 0 Å². The Labute approximate surface area is 203 Å². The van der Waals surface area contributed by atoms with Crippen LogP contribution in [0.15, 0.2) is 115 Å². The van der Waals surface area contributed by atoms with Crippen LogP contribution in [0.25, 0.3) is 22.3 Å². The van der Waals surface area contributed by atoms with Crippen molar-refractivity contribution in [1.29, 1.82) is 0 Å². The zero-order valence-corrected chi connectivity index (χ0v) is 18.9. The first-order valence-electron chi connectivity index (χ1n) is 11.8. The summed E-state index contributed by atoms with van der Waals surface area (Å²) in [6.07, 6.45) is 0.911. The van der Waals surface area contributed by atoms with Gasteiger partial charge in [0.05, 0.1) is 5.41 Å². The smallest absolute Gasteiger partial charge is 0.193 e. The first kappa shape index (κ1) is 19.9. The van der Waals surface area contributed by atoms with Crippen molar-refractivity contribution < 1.29 is 9.59 Å². The number of carbonyl (C=O) groups excluding carboxylic acids is 2. The molecule has 0 aliphatic heterocycles. The lowest BCUT2D eigenvalue weighted by atomic mass is 9.70. The van der Waals surface area contributed by atoms with Crippen molar-refractivity contribution in [3.8, 4) is 22.3 Å². The Kier molecular flexibility index (Phi) is 4.10. The summed E-state index contributed by atoms with van der Waals surface area (Å²) in [5.74, 6) is 0.00709. The molecule has 2 nitrogen and oxygen atoms in total. The van der Waals surface area contributed by atoms with Crippen molar-refractivity contribution in [3.63, 3.8) is 0 Å². The molecule has 164 valence electrons. The highest BCUT2D eigenvalue weighted by atomic mass is 16.1. The molecule has 0 N–H and O–H groups in total. The maximum atomic E-state index is 13.5. The molecule has 0 heterocycles. The third-order valence-corrected chi connectivity index (χ3v) is 7.55. The standard InChI is InChI=1S/C33H20O2/c34-20-21-14-16-26-24-10-4-6-12-28(24)33(30(26)18-21)29-13-7-5-11-25(29)27-17-15-23(19-31(27)33)32(35)22-8-2-1-3-9-22/h1-20H. The van der Waals surface area contributed by atoms with Gasteiger partial charge in [-0.2, -0.15) is 0 Å². The molecule has 2 aliphatic rings. The van der Waals surface area contributed by atoms with E-state index >= 15 is 0 Å². The van der Waals surface area contributed by atoms with Gasteiger partial charge in [0.25, 0.3) is 0 Å². The predicted octanol–water partition coefficient (Wildman–Crippen LogP) is 7.07. The molecule has 2 heteroatoms. The Balaban J connectivity index is 1.59. The Hall–Kier alpha value is -4.56. The molecule has 0 amide bonds. The van der Waals surface area contributed by atoms with Crippen LogP contribution in [0.1, 0.15) is 48.5 Å². The highest BCUT2D eigenvalue weighted by Crippen LogP contribution is 2.62. The summed E-state index contributed by atoms with van der Waals surface area (Å²) in [5.41, 5.74) is 10.6. The van der Waals surface area contributed by atoms with Gasteiger partial charge in [0.2, 0.25) is 0 Å². The number of fused-ring (bicyclic) bond motifs is 10. The molecule has 1 unspecified atom stereocenters. The second-order valence-corrected chi connectivity index (χ2v) is 9.22. The monoisotopic (exact) mass is 448 g/mol. The quantitative estimate of drug-likeness (QED) is 0.214. The van der Waals surface area contributed by atoms with Gasteiger partial charge in [-0.25, -0.2) is 0 Å². The SMILES string of the molecule is O=Cc1ccc2c(c1)C1(c3ccccc3-2)c2ccccc2-c2ccc(C(=O)c3ccccc3)cc21. The number of benzene rings is 5. The van der Waals surface area contributed by atoms with Crippen LogP contribution in [0.2, 0.25) is 0 Å². The van der Waals surface area contributed by atoms with E-state index in [2.05, 4.69) is 66.7 Å². The topological polar surface area (TPSA) is 34.1 Å². The van der Waals surface area contributed by atoms with Crippen molar-refractivity contribution in [1.82, 2.24) is 0 Å². The zero-order chi connectivity index (χ0) is 23.6. The molecule has 35 heavy (non-hydrogen) atoms. The van der Waals surface area contributed by atoms with Crippen molar-refractivity contribution in [3.05, 3.63) is 154 Å². The molecular formula is C33H20O2. The second kappa shape index (κ2) is 7.22. The van der Waals surface area contributed by atoms with Crippen LogP contribution >= 0.6 is 0 Å². The average molecular weight is 449 g/mol. The van der Waals surface area contributed by atoms with Crippen LogP contribution in [-0.2, 0) is 5.41 Å². The molecule has 5 aromatic carbocycles. The molecule has 0 radical (unpaired) electrons. The number of rotatable bonds is 3. The van der Waals surface area contributed by atoms with E-state index < -0.39 is 5.41 Å². The van der Waals surface area contributed by atoms with Crippen LogP contribution in [0.5, 0.6) is 0 Å². The second-order valence-electron chi connectivity index (χ2n) is 9.22. The normalized spacial score (nSPS) is 16.3. The highest BCUT2D eigenvalue weighted by Gasteiger charge is 2.51. The van der Waals surface area contributed by atoms with E-state index in [1.807, 2.05) is 48.5 Å².